The zero-order valence-corrected chi connectivity index (χ0v) is 26.1. The van der Waals surface area contributed by atoms with Crippen molar-refractivity contribution in [2.45, 2.75) is 46.1 Å². The number of nitrogens with one attached hydrogen (secondary N) is 2. The second-order valence-electron chi connectivity index (χ2n) is 12.0. The third-order valence-corrected chi connectivity index (χ3v) is 9.03. The van der Waals surface area contributed by atoms with Crippen LogP contribution in [0.3, 0.4) is 0 Å². The molecule has 3 aromatic carbocycles. The SMILES string of the molecule is COc1ccc([C@@H]2C(C(=O)Nc3nc4ccccc4s3)=C(C)NC3=C2C(=O)CC(C)(C)C3)cc1COc1ccc([N+](=O)[O-])cc1. The van der Waals surface area contributed by atoms with Crippen molar-refractivity contribution in [3.63, 3.8) is 0 Å². The standard InChI is InChI=1S/C34H32N4O6S/c1-19-29(32(40)37-33-36-24-7-5-6-8-28(24)45-33)30(31-25(35-19)16-34(2,3)17-26(31)39)20-9-14-27(43-4)21(15-20)18-44-23-12-10-22(11-13-23)38(41)42/h5-15,30,35H,16-18H2,1-4H3,(H,36,37,40)/t30-/m1/s1. The van der Waals surface area contributed by atoms with Crippen LogP contribution in [-0.2, 0) is 16.2 Å². The predicted molar refractivity (Wildman–Crippen MR) is 172 cm³/mol. The van der Waals surface area contributed by atoms with Crippen molar-refractivity contribution in [3.8, 4) is 11.5 Å². The highest BCUT2D eigenvalue weighted by Crippen LogP contribution is 2.47. The Balaban J connectivity index is 1.38. The van der Waals surface area contributed by atoms with Gasteiger partial charge in [-0.05, 0) is 60.7 Å². The Hall–Kier alpha value is -5.03. The summed E-state index contributed by atoms with van der Waals surface area (Å²) in [4.78, 5) is 43.0. The maximum Gasteiger partial charge on any atom is 0.269 e. The molecule has 1 aliphatic heterocycles. The second kappa shape index (κ2) is 11.8. The number of carbonyl (C=O) groups excluding carboxylic acids is 2. The van der Waals surface area contributed by atoms with Gasteiger partial charge in [0, 0.05) is 52.6 Å². The fourth-order valence-electron chi connectivity index (χ4n) is 6.08. The van der Waals surface area contributed by atoms with Gasteiger partial charge in [-0.2, -0.15) is 0 Å². The molecule has 0 bridgehead atoms. The van der Waals surface area contributed by atoms with Gasteiger partial charge in [0.15, 0.2) is 10.9 Å². The zero-order chi connectivity index (χ0) is 31.9. The molecule has 1 aliphatic carbocycles. The van der Waals surface area contributed by atoms with E-state index in [-0.39, 0.29) is 29.4 Å². The van der Waals surface area contributed by atoms with Gasteiger partial charge in [-0.1, -0.05) is 43.4 Å². The van der Waals surface area contributed by atoms with Crippen molar-refractivity contribution in [1.29, 1.82) is 0 Å². The molecular weight excluding hydrogens is 592 g/mol. The van der Waals surface area contributed by atoms with E-state index in [4.69, 9.17) is 9.47 Å². The summed E-state index contributed by atoms with van der Waals surface area (Å²) in [6.07, 6.45) is 1.03. The quantitative estimate of drug-likeness (QED) is 0.158. The van der Waals surface area contributed by atoms with Crippen LogP contribution in [0, 0.1) is 15.5 Å². The number of methoxy groups -OCH3 is 1. The molecule has 6 rings (SSSR count). The minimum atomic E-state index is -0.636. The second-order valence-corrected chi connectivity index (χ2v) is 13.0. The van der Waals surface area contributed by atoms with E-state index >= 15 is 0 Å². The highest BCUT2D eigenvalue weighted by Gasteiger charge is 2.43. The summed E-state index contributed by atoms with van der Waals surface area (Å²) in [6, 6.07) is 19.1. The van der Waals surface area contributed by atoms with Crippen LogP contribution in [0.2, 0.25) is 0 Å². The van der Waals surface area contributed by atoms with Crippen LogP contribution >= 0.6 is 11.3 Å². The number of allylic oxidation sites excluding steroid dienone is 3. The van der Waals surface area contributed by atoms with Crippen LogP contribution < -0.4 is 20.1 Å². The number of ether oxygens (including phenoxy) is 2. The lowest BCUT2D eigenvalue weighted by Crippen LogP contribution is -2.39. The first-order valence-corrected chi connectivity index (χ1v) is 15.3. The highest BCUT2D eigenvalue weighted by atomic mass is 32.1. The number of nitrogens with zero attached hydrogens (tertiary/aromatic N) is 2. The summed E-state index contributed by atoms with van der Waals surface area (Å²) in [6.45, 7) is 6.10. The molecule has 4 aromatic rings. The molecule has 230 valence electrons. The molecule has 0 fully saturated rings. The van der Waals surface area contributed by atoms with Crippen molar-refractivity contribution in [2.75, 3.05) is 12.4 Å². The maximum atomic E-state index is 14.1. The van der Waals surface area contributed by atoms with E-state index < -0.39 is 10.8 Å². The molecule has 0 unspecified atom stereocenters. The van der Waals surface area contributed by atoms with E-state index in [1.54, 1.807) is 7.11 Å². The molecule has 2 heterocycles. The average Bonchev–Trinajstić information content (AvgIpc) is 3.41. The maximum absolute atomic E-state index is 14.1. The number of carbonyl (C=O) groups is 2. The molecule has 1 amide bonds. The van der Waals surface area contributed by atoms with Gasteiger partial charge < -0.3 is 14.8 Å². The van der Waals surface area contributed by atoms with Gasteiger partial charge >= 0.3 is 0 Å². The number of Topliss-reactive ketones (excluding diaryl/α,β-unsaturated/α-hetero) is 1. The van der Waals surface area contributed by atoms with Crippen LogP contribution in [0.15, 0.2) is 89.3 Å². The average molecular weight is 625 g/mol. The fraction of sp³-hybridized carbons (Fsp3) is 0.265. The Labute approximate surface area is 263 Å². The number of amides is 1. The minimum Gasteiger partial charge on any atom is -0.496 e. The van der Waals surface area contributed by atoms with Gasteiger partial charge in [-0.15, -0.1) is 0 Å². The summed E-state index contributed by atoms with van der Waals surface area (Å²) in [7, 11) is 1.56. The van der Waals surface area contributed by atoms with Crippen LogP contribution in [0.25, 0.3) is 10.2 Å². The molecular formula is C34H32N4O6S. The molecule has 0 radical (unpaired) electrons. The number of hydrogen-bond acceptors (Lipinski definition) is 9. The number of nitro groups is 1. The van der Waals surface area contributed by atoms with E-state index in [9.17, 15) is 19.7 Å². The van der Waals surface area contributed by atoms with E-state index in [0.717, 1.165) is 21.5 Å². The lowest BCUT2D eigenvalue weighted by molar-refractivity contribution is -0.384. The first kappa shape index (κ1) is 30.0. The third kappa shape index (κ3) is 6.03. The van der Waals surface area contributed by atoms with Crippen LogP contribution in [0.4, 0.5) is 10.8 Å². The molecule has 0 spiro atoms. The topological polar surface area (TPSA) is 133 Å². The molecule has 1 aromatic heterocycles. The number of aromatic nitrogens is 1. The molecule has 2 aliphatic rings. The first-order valence-electron chi connectivity index (χ1n) is 14.5. The molecule has 11 heteroatoms. The Morgan fingerprint density at radius 2 is 1.89 bits per heavy atom. The first-order chi connectivity index (χ1) is 21.5. The summed E-state index contributed by atoms with van der Waals surface area (Å²) in [5.74, 6) is 0.0457. The van der Waals surface area contributed by atoms with Gasteiger partial charge in [0.05, 0.1) is 22.2 Å². The number of para-hydroxylation sites is 1. The van der Waals surface area contributed by atoms with Crippen molar-refractivity contribution in [1.82, 2.24) is 10.3 Å². The zero-order valence-electron chi connectivity index (χ0n) is 25.3. The molecule has 0 saturated carbocycles. The van der Waals surface area contributed by atoms with Crippen molar-refractivity contribution < 1.29 is 24.0 Å². The number of benzene rings is 3. The van der Waals surface area contributed by atoms with Crippen molar-refractivity contribution in [2.24, 2.45) is 5.41 Å². The Morgan fingerprint density at radius 3 is 2.60 bits per heavy atom. The van der Waals surface area contributed by atoms with Gasteiger partial charge in [-0.25, -0.2) is 4.98 Å². The third-order valence-electron chi connectivity index (χ3n) is 8.08. The number of rotatable bonds is 8. The smallest absolute Gasteiger partial charge is 0.269 e. The lowest BCUT2D eigenvalue weighted by atomic mass is 9.68. The molecule has 45 heavy (non-hydrogen) atoms. The Morgan fingerprint density at radius 1 is 1.13 bits per heavy atom. The van der Waals surface area contributed by atoms with E-state index in [0.29, 0.717) is 51.9 Å². The van der Waals surface area contributed by atoms with Crippen LogP contribution in [0.1, 0.15) is 50.7 Å². The normalized spacial score (nSPS) is 17.5. The summed E-state index contributed by atoms with van der Waals surface area (Å²) < 4.78 is 12.6. The van der Waals surface area contributed by atoms with Gasteiger partial charge in [0.1, 0.15) is 18.1 Å². The van der Waals surface area contributed by atoms with Gasteiger partial charge in [0.2, 0.25) is 0 Å². The summed E-state index contributed by atoms with van der Waals surface area (Å²) >= 11 is 1.39. The van der Waals surface area contributed by atoms with Gasteiger partial charge in [0.25, 0.3) is 11.6 Å². The summed E-state index contributed by atoms with van der Waals surface area (Å²) in [5.41, 5.74) is 4.50. The van der Waals surface area contributed by atoms with Crippen LogP contribution in [0.5, 0.6) is 11.5 Å². The largest absolute Gasteiger partial charge is 0.496 e. The predicted octanol–water partition coefficient (Wildman–Crippen LogP) is 7.03. The van der Waals surface area contributed by atoms with Crippen molar-refractivity contribution >= 4 is 44.1 Å². The van der Waals surface area contributed by atoms with E-state index in [1.807, 2.05) is 49.4 Å². The number of dihydropyridines is 1. The number of thiazole rings is 1. The van der Waals surface area contributed by atoms with Crippen molar-refractivity contribution in [3.05, 3.63) is 111 Å². The summed E-state index contributed by atoms with van der Waals surface area (Å²) in [5, 5.41) is 17.9. The van der Waals surface area contributed by atoms with E-state index in [1.165, 1.54) is 35.6 Å². The number of hydrogen-bond donors (Lipinski definition) is 2. The lowest BCUT2D eigenvalue weighted by Gasteiger charge is -2.39. The molecule has 0 saturated heterocycles. The number of nitro benzene ring substituents is 1. The number of non-ortho nitro benzene ring substituents is 1. The molecule has 10 nitrogen and oxygen atoms in total. The molecule has 2 N–H and O–H groups in total. The number of anilines is 1. The molecule has 1 atom stereocenters. The van der Waals surface area contributed by atoms with E-state index in [2.05, 4.69) is 29.5 Å². The fourth-order valence-corrected chi connectivity index (χ4v) is 6.94. The Kier molecular flexibility index (Phi) is 7.88. The van der Waals surface area contributed by atoms with Gasteiger partial charge in [-0.3, -0.25) is 25.0 Å². The van der Waals surface area contributed by atoms with Crippen LogP contribution in [-0.4, -0.2) is 28.7 Å². The number of ketones is 1. The highest BCUT2D eigenvalue weighted by molar-refractivity contribution is 7.22. The monoisotopic (exact) mass is 624 g/mol. The minimum absolute atomic E-state index is 0.00367. The number of fused-ring (bicyclic) bond motifs is 1. The Bertz CT molecular complexity index is 1870.